The molecule has 0 saturated heterocycles. The Balaban J connectivity index is 2.07. The van der Waals surface area contributed by atoms with Crippen LogP contribution in [0.25, 0.3) is 0 Å². The van der Waals surface area contributed by atoms with Crippen molar-refractivity contribution in [3.8, 4) is 11.5 Å². The maximum Gasteiger partial charge on any atom is 0.262 e. The van der Waals surface area contributed by atoms with E-state index in [4.69, 9.17) is 21.1 Å². The van der Waals surface area contributed by atoms with Crippen LogP contribution >= 0.6 is 27.5 Å². The monoisotopic (exact) mass is 521 g/mol. The Hall–Kier alpha value is -2.84. The molecule has 2 aromatic carbocycles. The van der Waals surface area contributed by atoms with Crippen LogP contribution in [-0.2, 0) is 4.79 Å². The molecule has 170 valence electrons. The van der Waals surface area contributed by atoms with Gasteiger partial charge in [-0.25, -0.2) is 5.43 Å². The largest absolute Gasteiger partial charge is 0.493 e. The Kier molecular flexibility index (Phi) is 9.74. The van der Waals surface area contributed by atoms with E-state index in [0.29, 0.717) is 38.7 Å². The van der Waals surface area contributed by atoms with Crippen molar-refractivity contribution in [2.24, 2.45) is 11.0 Å². The predicted octanol–water partition coefficient (Wildman–Crippen LogP) is 4.58. The van der Waals surface area contributed by atoms with Gasteiger partial charge in [0.1, 0.15) is 12.6 Å². The molecule has 0 aromatic heterocycles. The summed E-state index contributed by atoms with van der Waals surface area (Å²) >= 11 is 9.30. The lowest BCUT2D eigenvalue weighted by Crippen LogP contribution is -2.48. The molecule has 32 heavy (non-hydrogen) atoms. The van der Waals surface area contributed by atoms with Gasteiger partial charge in [-0.05, 0) is 63.8 Å². The second kappa shape index (κ2) is 12.3. The van der Waals surface area contributed by atoms with Gasteiger partial charge < -0.3 is 14.8 Å². The molecule has 1 atom stereocenters. The SMILES string of the molecule is C=CCOc1c(Br)cc(/C=N/NC(=O)C(NC(=O)c2ccc(Cl)cc2)C(C)C)cc1OC. The molecule has 1 unspecified atom stereocenters. The number of halogens is 2. The Morgan fingerprint density at radius 2 is 1.94 bits per heavy atom. The third kappa shape index (κ3) is 7.10. The maximum atomic E-state index is 12.6. The van der Waals surface area contributed by atoms with Crippen LogP contribution in [0.4, 0.5) is 0 Å². The van der Waals surface area contributed by atoms with Gasteiger partial charge in [0.15, 0.2) is 11.5 Å². The van der Waals surface area contributed by atoms with Crippen molar-refractivity contribution >= 4 is 45.6 Å². The molecule has 7 nitrogen and oxygen atoms in total. The van der Waals surface area contributed by atoms with Gasteiger partial charge in [0, 0.05) is 10.6 Å². The van der Waals surface area contributed by atoms with Crippen molar-refractivity contribution in [3.63, 3.8) is 0 Å². The molecule has 2 aromatic rings. The number of ether oxygens (including phenoxy) is 2. The van der Waals surface area contributed by atoms with Crippen molar-refractivity contribution in [1.82, 2.24) is 10.7 Å². The van der Waals surface area contributed by atoms with E-state index >= 15 is 0 Å². The third-order valence-corrected chi connectivity index (χ3v) is 5.17. The Bertz CT molecular complexity index is 993. The summed E-state index contributed by atoms with van der Waals surface area (Å²) in [6.07, 6.45) is 3.11. The van der Waals surface area contributed by atoms with Gasteiger partial charge in [-0.15, -0.1) is 0 Å². The van der Waals surface area contributed by atoms with Gasteiger partial charge in [0.05, 0.1) is 17.8 Å². The van der Waals surface area contributed by atoms with Crippen molar-refractivity contribution < 1.29 is 19.1 Å². The number of hydrogen-bond acceptors (Lipinski definition) is 5. The number of nitrogens with zero attached hydrogens (tertiary/aromatic N) is 1. The van der Waals surface area contributed by atoms with Gasteiger partial charge >= 0.3 is 0 Å². The average Bonchev–Trinajstić information content (AvgIpc) is 2.76. The van der Waals surface area contributed by atoms with E-state index in [0.717, 1.165) is 0 Å². The van der Waals surface area contributed by atoms with Crippen LogP contribution in [-0.4, -0.2) is 37.8 Å². The molecule has 0 radical (unpaired) electrons. The van der Waals surface area contributed by atoms with Crippen molar-refractivity contribution in [2.75, 3.05) is 13.7 Å². The fraction of sp³-hybridized carbons (Fsp3) is 0.261. The highest BCUT2D eigenvalue weighted by Crippen LogP contribution is 2.36. The molecule has 0 spiro atoms. The molecule has 0 aliphatic heterocycles. The summed E-state index contributed by atoms with van der Waals surface area (Å²) in [6, 6.07) is 9.15. The fourth-order valence-corrected chi connectivity index (χ4v) is 3.40. The summed E-state index contributed by atoms with van der Waals surface area (Å²) in [5.74, 6) is 0.0819. The van der Waals surface area contributed by atoms with E-state index in [9.17, 15) is 9.59 Å². The Morgan fingerprint density at radius 1 is 1.25 bits per heavy atom. The van der Waals surface area contributed by atoms with Crippen molar-refractivity contribution in [1.29, 1.82) is 0 Å². The second-order valence-corrected chi connectivity index (χ2v) is 8.36. The minimum atomic E-state index is -0.772. The molecular formula is C23H25BrClN3O4. The number of amides is 2. The zero-order valence-electron chi connectivity index (χ0n) is 18.0. The quantitative estimate of drug-likeness (QED) is 0.272. The third-order valence-electron chi connectivity index (χ3n) is 4.33. The van der Waals surface area contributed by atoms with Crippen LogP contribution in [0.1, 0.15) is 29.8 Å². The summed E-state index contributed by atoms with van der Waals surface area (Å²) in [4.78, 5) is 25.1. The van der Waals surface area contributed by atoms with E-state index in [2.05, 4.69) is 38.4 Å². The summed E-state index contributed by atoms with van der Waals surface area (Å²) in [5, 5.41) is 7.28. The van der Waals surface area contributed by atoms with E-state index in [1.54, 1.807) is 42.5 Å². The molecule has 2 rings (SSSR count). The molecule has 0 bridgehead atoms. The first-order valence-electron chi connectivity index (χ1n) is 9.77. The second-order valence-electron chi connectivity index (χ2n) is 7.07. The lowest BCUT2D eigenvalue weighted by atomic mass is 10.0. The number of hydrazone groups is 1. The summed E-state index contributed by atoms with van der Waals surface area (Å²) in [5.41, 5.74) is 3.56. The number of nitrogens with one attached hydrogen (secondary N) is 2. The van der Waals surface area contributed by atoms with Crippen LogP contribution in [0, 0.1) is 5.92 Å². The molecule has 0 aliphatic carbocycles. The average molecular weight is 523 g/mol. The minimum Gasteiger partial charge on any atom is -0.493 e. The Labute approximate surface area is 200 Å². The number of carbonyl (C=O) groups excluding carboxylic acids is 2. The van der Waals surface area contributed by atoms with E-state index < -0.39 is 11.9 Å². The molecular weight excluding hydrogens is 498 g/mol. The molecule has 0 saturated carbocycles. The van der Waals surface area contributed by atoms with E-state index in [1.165, 1.54) is 13.3 Å². The zero-order chi connectivity index (χ0) is 23.7. The molecule has 9 heteroatoms. The smallest absolute Gasteiger partial charge is 0.262 e. The normalized spacial score (nSPS) is 11.8. The molecule has 2 amide bonds. The van der Waals surface area contributed by atoms with Gasteiger partial charge in [0.25, 0.3) is 11.8 Å². The minimum absolute atomic E-state index is 0.156. The predicted molar refractivity (Wildman–Crippen MR) is 130 cm³/mol. The first-order chi connectivity index (χ1) is 15.3. The molecule has 0 fully saturated rings. The van der Waals surface area contributed by atoms with Crippen LogP contribution < -0.4 is 20.2 Å². The number of hydrogen-bond donors (Lipinski definition) is 2. The maximum absolute atomic E-state index is 12.6. The number of benzene rings is 2. The molecule has 0 heterocycles. The van der Waals surface area contributed by atoms with Crippen molar-refractivity contribution in [2.45, 2.75) is 19.9 Å². The van der Waals surface area contributed by atoms with Gasteiger partial charge in [0.2, 0.25) is 0 Å². The van der Waals surface area contributed by atoms with E-state index in [-0.39, 0.29) is 11.8 Å². The first-order valence-corrected chi connectivity index (χ1v) is 10.9. The van der Waals surface area contributed by atoms with Crippen molar-refractivity contribution in [3.05, 3.63) is 69.7 Å². The first kappa shape index (κ1) is 25.4. The number of carbonyl (C=O) groups is 2. The van der Waals surface area contributed by atoms with Gasteiger partial charge in [-0.1, -0.05) is 38.1 Å². The van der Waals surface area contributed by atoms with Crippen LogP contribution in [0.5, 0.6) is 11.5 Å². The van der Waals surface area contributed by atoms with Crippen LogP contribution in [0.3, 0.4) is 0 Å². The Morgan fingerprint density at radius 3 is 2.53 bits per heavy atom. The topological polar surface area (TPSA) is 89.0 Å². The molecule has 0 aliphatic rings. The summed E-state index contributed by atoms with van der Waals surface area (Å²) in [6.45, 7) is 7.62. The van der Waals surface area contributed by atoms with Gasteiger partial charge in [-0.2, -0.15) is 5.10 Å². The highest BCUT2D eigenvalue weighted by Gasteiger charge is 2.24. The lowest BCUT2D eigenvalue weighted by molar-refractivity contribution is -0.123. The van der Waals surface area contributed by atoms with Gasteiger partial charge in [-0.3, -0.25) is 9.59 Å². The fourth-order valence-electron chi connectivity index (χ4n) is 2.70. The number of methoxy groups -OCH3 is 1. The summed E-state index contributed by atoms with van der Waals surface area (Å²) in [7, 11) is 1.53. The summed E-state index contributed by atoms with van der Waals surface area (Å²) < 4.78 is 11.6. The molecule has 2 N–H and O–H groups in total. The highest BCUT2D eigenvalue weighted by atomic mass is 79.9. The number of rotatable bonds is 10. The lowest BCUT2D eigenvalue weighted by Gasteiger charge is -2.20. The van der Waals surface area contributed by atoms with Crippen LogP contribution in [0.15, 0.2) is 58.6 Å². The standard InChI is InChI=1S/C23H25BrClN3O4/c1-5-10-32-21-18(24)11-15(12-19(21)31-4)13-26-28-23(30)20(14(2)3)27-22(29)16-6-8-17(25)9-7-16/h5-9,11-14,20H,1,10H2,2-4H3,(H,27,29)(H,28,30)/b26-13+. The zero-order valence-corrected chi connectivity index (χ0v) is 20.4. The van der Waals surface area contributed by atoms with E-state index in [1.807, 2.05) is 13.8 Å². The van der Waals surface area contributed by atoms with Crippen LogP contribution in [0.2, 0.25) is 5.02 Å². The highest BCUT2D eigenvalue weighted by molar-refractivity contribution is 9.10.